The summed E-state index contributed by atoms with van der Waals surface area (Å²) in [5.41, 5.74) is 0.683. The molecule has 100 valence electrons. The van der Waals surface area contributed by atoms with Gasteiger partial charge in [-0.25, -0.2) is 0 Å². The predicted molar refractivity (Wildman–Crippen MR) is 71.8 cm³/mol. The van der Waals surface area contributed by atoms with E-state index in [9.17, 15) is 14.9 Å². The van der Waals surface area contributed by atoms with Crippen molar-refractivity contribution in [1.29, 1.82) is 0 Å². The predicted octanol–water partition coefficient (Wildman–Crippen LogP) is 3.21. The lowest BCUT2D eigenvalue weighted by atomic mass is 10.1. The van der Waals surface area contributed by atoms with E-state index in [1.54, 1.807) is 31.2 Å². The number of rotatable bonds is 3. The molecule has 0 bridgehead atoms. The minimum atomic E-state index is -0.500. The lowest BCUT2D eigenvalue weighted by molar-refractivity contribution is -0.383. The lowest BCUT2D eigenvalue weighted by Gasteiger charge is -1.98. The molecule has 20 heavy (non-hydrogen) atoms. The Labute approximate surface area is 113 Å². The third-order valence-corrected chi connectivity index (χ3v) is 3.09. The second-order valence-electron chi connectivity index (χ2n) is 4.40. The molecule has 3 rings (SSSR count). The first kappa shape index (κ1) is 12.2. The molecule has 6 nitrogen and oxygen atoms in total. The van der Waals surface area contributed by atoms with E-state index in [1.807, 2.05) is 0 Å². The summed E-state index contributed by atoms with van der Waals surface area (Å²) in [7, 11) is 0. The van der Waals surface area contributed by atoms with Crippen molar-refractivity contribution in [3.63, 3.8) is 0 Å². The van der Waals surface area contributed by atoms with Crippen molar-refractivity contribution in [2.75, 3.05) is 0 Å². The normalized spacial score (nSPS) is 10.8. The fraction of sp³-hybridized carbons (Fsp3) is 0.0714. The maximum absolute atomic E-state index is 12.4. The molecule has 0 atom stereocenters. The number of aryl methyl sites for hydroxylation is 1. The zero-order chi connectivity index (χ0) is 14.3. The van der Waals surface area contributed by atoms with Crippen molar-refractivity contribution >= 4 is 22.4 Å². The highest BCUT2D eigenvalue weighted by atomic mass is 16.6. The third-order valence-electron chi connectivity index (χ3n) is 3.09. The fourth-order valence-electron chi connectivity index (χ4n) is 2.19. The molecule has 3 aromatic rings. The number of carbonyl (C=O) groups is 1. The zero-order valence-corrected chi connectivity index (χ0v) is 10.5. The minimum Gasteiger partial charge on any atom is -0.458 e. The number of hydrogen-bond donors (Lipinski definition) is 1. The van der Waals surface area contributed by atoms with E-state index < -0.39 is 4.92 Å². The molecule has 2 aromatic heterocycles. The first-order valence-electron chi connectivity index (χ1n) is 5.93. The fourth-order valence-corrected chi connectivity index (χ4v) is 2.19. The Morgan fingerprint density at radius 2 is 2.10 bits per heavy atom. The number of ketones is 1. The summed E-state index contributed by atoms with van der Waals surface area (Å²) < 4.78 is 5.29. The third kappa shape index (κ3) is 1.78. The van der Waals surface area contributed by atoms with Gasteiger partial charge in [-0.2, -0.15) is 0 Å². The van der Waals surface area contributed by atoms with E-state index in [2.05, 4.69) is 4.98 Å². The average Bonchev–Trinajstić information content (AvgIpc) is 3.03. The minimum absolute atomic E-state index is 0.102. The standard InChI is InChI=1S/C14H10N2O4/c1-8-5-6-12(20-8)14(17)9-7-15-10-3-2-4-11(13(9)10)16(18)19/h2-7,15H,1H3. The van der Waals surface area contributed by atoms with Gasteiger partial charge in [0.1, 0.15) is 5.76 Å². The zero-order valence-electron chi connectivity index (χ0n) is 10.5. The summed E-state index contributed by atoms with van der Waals surface area (Å²) in [5, 5.41) is 11.4. The summed E-state index contributed by atoms with van der Waals surface area (Å²) in [6, 6.07) is 7.87. The second kappa shape index (κ2) is 4.34. The number of nitro groups is 1. The molecular weight excluding hydrogens is 260 g/mol. The topological polar surface area (TPSA) is 89.1 Å². The van der Waals surface area contributed by atoms with Crippen LogP contribution in [0.5, 0.6) is 0 Å². The Kier molecular flexibility index (Phi) is 2.64. The van der Waals surface area contributed by atoms with Crippen LogP contribution in [-0.4, -0.2) is 15.7 Å². The number of hydrogen-bond acceptors (Lipinski definition) is 4. The highest BCUT2D eigenvalue weighted by Gasteiger charge is 2.23. The van der Waals surface area contributed by atoms with Gasteiger partial charge in [-0.3, -0.25) is 14.9 Å². The molecule has 0 aliphatic carbocycles. The van der Waals surface area contributed by atoms with Crippen LogP contribution >= 0.6 is 0 Å². The average molecular weight is 270 g/mol. The molecule has 0 saturated heterocycles. The largest absolute Gasteiger partial charge is 0.458 e. The van der Waals surface area contributed by atoms with Crippen LogP contribution in [0.2, 0.25) is 0 Å². The number of furan rings is 1. The van der Waals surface area contributed by atoms with Crippen molar-refractivity contribution in [2.24, 2.45) is 0 Å². The van der Waals surface area contributed by atoms with Crippen LogP contribution in [0.15, 0.2) is 40.9 Å². The Balaban J connectivity index is 2.22. The van der Waals surface area contributed by atoms with Crippen molar-refractivity contribution in [1.82, 2.24) is 4.98 Å². The van der Waals surface area contributed by atoms with E-state index in [1.165, 1.54) is 12.3 Å². The van der Waals surface area contributed by atoms with E-state index in [0.29, 0.717) is 16.7 Å². The number of aromatic amines is 1. The highest BCUT2D eigenvalue weighted by molar-refractivity contribution is 6.17. The SMILES string of the molecule is Cc1ccc(C(=O)c2c[nH]c3cccc([N+](=O)[O-])c23)o1. The van der Waals surface area contributed by atoms with E-state index in [-0.39, 0.29) is 22.8 Å². The number of H-pyrrole nitrogens is 1. The first-order chi connectivity index (χ1) is 9.58. The first-order valence-corrected chi connectivity index (χ1v) is 5.93. The molecule has 0 aliphatic rings. The molecule has 0 saturated carbocycles. The molecule has 0 amide bonds. The van der Waals surface area contributed by atoms with Gasteiger partial charge in [-0.05, 0) is 25.1 Å². The maximum Gasteiger partial charge on any atom is 0.279 e. The van der Waals surface area contributed by atoms with Gasteiger partial charge in [0.05, 0.1) is 21.4 Å². The van der Waals surface area contributed by atoms with Crippen LogP contribution in [0.1, 0.15) is 21.9 Å². The quantitative estimate of drug-likeness (QED) is 0.449. The second-order valence-corrected chi connectivity index (χ2v) is 4.40. The summed E-state index contributed by atoms with van der Waals surface area (Å²) in [6.07, 6.45) is 1.47. The Morgan fingerprint density at radius 1 is 1.30 bits per heavy atom. The van der Waals surface area contributed by atoms with Crippen LogP contribution in [0, 0.1) is 17.0 Å². The number of non-ortho nitro benzene ring substituents is 1. The monoisotopic (exact) mass is 270 g/mol. The summed E-state index contributed by atoms with van der Waals surface area (Å²) in [6.45, 7) is 1.73. The van der Waals surface area contributed by atoms with Crippen LogP contribution in [0.25, 0.3) is 10.9 Å². The van der Waals surface area contributed by atoms with Gasteiger partial charge in [-0.15, -0.1) is 0 Å². The van der Waals surface area contributed by atoms with Crippen molar-refractivity contribution in [2.45, 2.75) is 6.92 Å². The molecule has 1 N–H and O–H groups in total. The van der Waals surface area contributed by atoms with E-state index in [4.69, 9.17) is 4.42 Å². The molecule has 6 heteroatoms. The number of nitrogens with one attached hydrogen (secondary N) is 1. The number of fused-ring (bicyclic) bond motifs is 1. The summed E-state index contributed by atoms with van der Waals surface area (Å²) in [4.78, 5) is 25.8. The van der Waals surface area contributed by atoms with Crippen LogP contribution < -0.4 is 0 Å². The highest BCUT2D eigenvalue weighted by Crippen LogP contribution is 2.30. The Bertz CT molecular complexity index is 829. The number of nitro benzene ring substituents is 1. The Morgan fingerprint density at radius 3 is 2.75 bits per heavy atom. The molecule has 0 aliphatic heterocycles. The van der Waals surface area contributed by atoms with Gasteiger partial charge >= 0.3 is 0 Å². The van der Waals surface area contributed by atoms with Crippen LogP contribution in [0.3, 0.4) is 0 Å². The summed E-state index contributed by atoms with van der Waals surface area (Å²) in [5.74, 6) is 0.405. The smallest absolute Gasteiger partial charge is 0.279 e. The number of benzene rings is 1. The molecule has 0 spiro atoms. The lowest BCUT2D eigenvalue weighted by Crippen LogP contribution is -2.00. The van der Waals surface area contributed by atoms with Crippen molar-refractivity contribution in [3.05, 3.63) is 63.7 Å². The molecule has 2 heterocycles. The number of nitrogens with zero attached hydrogens (tertiary/aromatic N) is 1. The van der Waals surface area contributed by atoms with Crippen molar-refractivity contribution in [3.8, 4) is 0 Å². The molecule has 0 radical (unpaired) electrons. The Hall–Kier alpha value is -2.89. The molecule has 0 fully saturated rings. The van der Waals surface area contributed by atoms with Gasteiger partial charge in [-0.1, -0.05) is 6.07 Å². The molecular formula is C14H10N2O4. The van der Waals surface area contributed by atoms with E-state index >= 15 is 0 Å². The van der Waals surface area contributed by atoms with Gasteiger partial charge in [0.15, 0.2) is 5.76 Å². The van der Waals surface area contributed by atoms with Crippen molar-refractivity contribution < 1.29 is 14.1 Å². The maximum atomic E-state index is 12.4. The van der Waals surface area contributed by atoms with Crippen LogP contribution in [0.4, 0.5) is 5.69 Å². The molecule has 0 unspecified atom stereocenters. The van der Waals surface area contributed by atoms with E-state index in [0.717, 1.165) is 0 Å². The number of aromatic nitrogens is 1. The summed E-state index contributed by atoms with van der Waals surface area (Å²) >= 11 is 0. The van der Waals surface area contributed by atoms with Gasteiger partial charge in [0, 0.05) is 12.3 Å². The molecule has 1 aromatic carbocycles. The van der Waals surface area contributed by atoms with Gasteiger partial charge in [0.2, 0.25) is 5.78 Å². The van der Waals surface area contributed by atoms with Crippen LogP contribution in [-0.2, 0) is 0 Å². The van der Waals surface area contributed by atoms with Gasteiger partial charge in [0.25, 0.3) is 5.69 Å². The number of carbonyl (C=O) groups excluding carboxylic acids is 1. The van der Waals surface area contributed by atoms with Gasteiger partial charge < -0.3 is 9.40 Å².